The van der Waals surface area contributed by atoms with E-state index in [4.69, 9.17) is 0 Å². The largest absolute Gasteiger partial charge is 0.336 e. The molecule has 1 heterocycles. The van der Waals surface area contributed by atoms with Crippen molar-refractivity contribution in [3.05, 3.63) is 34.1 Å². The van der Waals surface area contributed by atoms with E-state index in [9.17, 15) is 9.18 Å². The molecule has 1 amide bonds. The molecule has 1 aliphatic heterocycles. The van der Waals surface area contributed by atoms with Gasteiger partial charge in [0.15, 0.2) is 0 Å². The number of nitrogens with zero attached hydrogens (tertiary/aromatic N) is 1. The Morgan fingerprint density at radius 2 is 2.28 bits per heavy atom. The molecule has 6 heteroatoms. The van der Waals surface area contributed by atoms with Gasteiger partial charge in [0.1, 0.15) is 5.82 Å². The number of amides is 1. The Balaban J connectivity index is 0.00000162. The zero-order valence-electron chi connectivity index (χ0n) is 9.95. The van der Waals surface area contributed by atoms with E-state index >= 15 is 0 Å². The number of halogens is 3. The number of hydrogen-bond acceptors (Lipinski definition) is 2. The standard InChI is InChI=1S/C12H14BrFN2O.ClH/c1-8-7-16(5-4-15-8)12(17)9-2-3-11(14)10(13)6-9;/h2-3,6,8,15H,4-5,7H2,1H3;1H/t8-;/m0./s1. The Hall–Kier alpha value is -0.650. The number of nitrogens with one attached hydrogen (secondary N) is 1. The first-order chi connectivity index (χ1) is 8.08. The summed E-state index contributed by atoms with van der Waals surface area (Å²) in [5, 5.41) is 3.28. The fraction of sp³-hybridized carbons (Fsp3) is 0.417. The van der Waals surface area contributed by atoms with E-state index in [0.717, 1.165) is 6.54 Å². The number of hydrogen-bond donors (Lipinski definition) is 1. The van der Waals surface area contributed by atoms with E-state index in [1.807, 2.05) is 6.92 Å². The van der Waals surface area contributed by atoms with Crippen LogP contribution in [-0.2, 0) is 0 Å². The highest BCUT2D eigenvalue weighted by Crippen LogP contribution is 2.18. The Bertz CT molecular complexity index is 444. The van der Waals surface area contributed by atoms with Gasteiger partial charge in [0.2, 0.25) is 0 Å². The number of carbonyl (C=O) groups excluding carboxylic acids is 1. The molecule has 2 rings (SSSR count). The van der Waals surface area contributed by atoms with Crippen molar-refractivity contribution in [3.63, 3.8) is 0 Å². The SMILES string of the molecule is C[C@H]1CN(C(=O)c2ccc(F)c(Br)c2)CCN1.Cl. The smallest absolute Gasteiger partial charge is 0.253 e. The molecule has 1 saturated heterocycles. The van der Waals surface area contributed by atoms with E-state index in [0.29, 0.717) is 29.2 Å². The average Bonchev–Trinajstić information content (AvgIpc) is 2.32. The molecule has 3 nitrogen and oxygen atoms in total. The summed E-state index contributed by atoms with van der Waals surface area (Å²) in [6.45, 7) is 4.22. The highest BCUT2D eigenvalue weighted by molar-refractivity contribution is 9.10. The third kappa shape index (κ3) is 3.43. The van der Waals surface area contributed by atoms with Crippen LogP contribution in [0.5, 0.6) is 0 Å². The minimum atomic E-state index is -0.352. The summed E-state index contributed by atoms with van der Waals surface area (Å²) in [5.41, 5.74) is 0.521. The monoisotopic (exact) mass is 336 g/mol. The molecule has 0 bridgehead atoms. The molecule has 0 saturated carbocycles. The molecule has 0 radical (unpaired) electrons. The summed E-state index contributed by atoms with van der Waals surface area (Å²) >= 11 is 3.09. The highest BCUT2D eigenvalue weighted by Gasteiger charge is 2.21. The summed E-state index contributed by atoms with van der Waals surface area (Å²) in [7, 11) is 0. The van der Waals surface area contributed by atoms with Crippen LogP contribution in [0, 0.1) is 5.82 Å². The third-order valence-corrected chi connectivity index (χ3v) is 3.43. The quantitative estimate of drug-likeness (QED) is 0.854. The molecule has 1 aromatic rings. The summed E-state index contributed by atoms with van der Waals surface area (Å²) in [6, 6.07) is 4.67. The molecule has 1 aromatic carbocycles. The lowest BCUT2D eigenvalue weighted by molar-refractivity contribution is 0.0709. The average molecular weight is 338 g/mol. The molecule has 0 spiro atoms. The fourth-order valence-electron chi connectivity index (χ4n) is 1.93. The zero-order chi connectivity index (χ0) is 12.4. The Labute approximate surface area is 120 Å². The zero-order valence-corrected chi connectivity index (χ0v) is 12.4. The van der Waals surface area contributed by atoms with Crippen molar-refractivity contribution in [2.45, 2.75) is 13.0 Å². The van der Waals surface area contributed by atoms with Crippen LogP contribution in [0.1, 0.15) is 17.3 Å². The maximum absolute atomic E-state index is 13.1. The summed E-state index contributed by atoms with van der Waals surface area (Å²) in [4.78, 5) is 14.0. The lowest BCUT2D eigenvalue weighted by Gasteiger charge is -2.32. The van der Waals surface area contributed by atoms with Gasteiger partial charge in [0, 0.05) is 31.2 Å². The molecule has 0 aliphatic carbocycles. The van der Waals surface area contributed by atoms with Crippen LogP contribution in [0.15, 0.2) is 22.7 Å². The molecule has 1 fully saturated rings. The lowest BCUT2D eigenvalue weighted by Crippen LogP contribution is -2.51. The normalized spacial score (nSPS) is 19.3. The summed E-state index contributed by atoms with van der Waals surface area (Å²) in [5.74, 6) is -0.394. The second kappa shape index (κ2) is 6.50. The van der Waals surface area contributed by atoms with Gasteiger partial charge in [0.25, 0.3) is 5.91 Å². The maximum atomic E-state index is 13.1. The molecule has 0 unspecified atom stereocenters. The van der Waals surface area contributed by atoms with Gasteiger partial charge in [-0.15, -0.1) is 12.4 Å². The van der Waals surface area contributed by atoms with Crippen molar-refractivity contribution < 1.29 is 9.18 Å². The van der Waals surface area contributed by atoms with Crippen LogP contribution in [0.3, 0.4) is 0 Å². The van der Waals surface area contributed by atoms with Crippen LogP contribution in [0.4, 0.5) is 4.39 Å². The number of carbonyl (C=O) groups is 1. The van der Waals surface area contributed by atoms with E-state index in [-0.39, 0.29) is 24.1 Å². The first kappa shape index (κ1) is 15.4. The minimum absolute atomic E-state index is 0. The van der Waals surface area contributed by atoms with Crippen molar-refractivity contribution in [2.24, 2.45) is 0 Å². The van der Waals surface area contributed by atoms with Crippen LogP contribution in [0.2, 0.25) is 0 Å². The Morgan fingerprint density at radius 1 is 1.56 bits per heavy atom. The molecular weight excluding hydrogens is 322 g/mol. The lowest BCUT2D eigenvalue weighted by atomic mass is 10.1. The van der Waals surface area contributed by atoms with Gasteiger partial charge in [-0.2, -0.15) is 0 Å². The van der Waals surface area contributed by atoms with Crippen molar-refractivity contribution in [3.8, 4) is 0 Å². The molecule has 1 N–H and O–H groups in total. The third-order valence-electron chi connectivity index (χ3n) is 2.82. The Morgan fingerprint density at radius 3 is 2.89 bits per heavy atom. The van der Waals surface area contributed by atoms with Crippen LogP contribution >= 0.6 is 28.3 Å². The number of benzene rings is 1. The van der Waals surface area contributed by atoms with Gasteiger partial charge in [0.05, 0.1) is 4.47 Å². The van der Waals surface area contributed by atoms with Gasteiger partial charge in [-0.25, -0.2) is 4.39 Å². The summed E-state index contributed by atoms with van der Waals surface area (Å²) in [6.07, 6.45) is 0. The van der Waals surface area contributed by atoms with E-state index < -0.39 is 0 Å². The van der Waals surface area contributed by atoms with Crippen molar-refractivity contribution >= 4 is 34.2 Å². The fourth-order valence-corrected chi connectivity index (χ4v) is 2.31. The first-order valence-electron chi connectivity index (χ1n) is 5.55. The Kier molecular flexibility index (Phi) is 5.56. The van der Waals surface area contributed by atoms with E-state index in [1.54, 1.807) is 4.90 Å². The molecule has 1 atom stereocenters. The van der Waals surface area contributed by atoms with Crippen LogP contribution in [-0.4, -0.2) is 36.5 Å². The topological polar surface area (TPSA) is 32.3 Å². The van der Waals surface area contributed by atoms with Gasteiger partial charge in [-0.3, -0.25) is 4.79 Å². The van der Waals surface area contributed by atoms with Gasteiger partial charge >= 0.3 is 0 Å². The second-order valence-electron chi connectivity index (χ2n) is 4.24. The van der Waals surface area contributed by atoms with E-state index in [2.05, 4.69) is 21.2 Å². The van der Waals surface area contributed by atoms with Crippen molar-refractivity contribution in [2.75, 3.05) is 19.6 Å². The van der Waals surface area contributed by atoms with E-state index in [1.165, 1.54) is 18.2 Å². The van der Waals surface area contributed by atoms with Crippen LogP contribution in [0.25, 0.3) is 0 Å². The molecule has 100 valence electrons. The second-order valence-corrected chi connectivity index (χ2v) is 5.09. The number of piperazine rings is 1. The minimum Gasteiger partial charge on any atom is -0.336 e. The number of rotatable bonds is 1. The maximum Gasteiger partial charge on any atom is 0.253 e. The van der Waals surface area contributed by atoms with Gasteiger partial charge in [-0.1, -0.05) is 0 Å². The molecule has 18 heavy (non-hydrogen) atoms. The van der Waals surface area contributed by atoms with Crippen LogP contribution < -0.4 is 5.32 Å². The molecule has 0 aromatic heterocycles. The van der Waals surface area contributed by atoms with Crippen molar-refractivity contribution in [1.82, 2.24) is 10.2 Å². The summed E-state index contributed by atoms with van der Waals surface area (Å²) < 4.78 is 13.4. The predicted molar refractivity (Wildman–Crippen MR) is 74.7 cm³/mol. The molecular formula is C12H15BrClFN2O. The first-order valence-corrected chi connectivity index (χ1v) is 6.35. The predicted octanol–water partition coefficient (Wildman–Crippen LogP) is 2.44. The molecule has 1 aliphatic rings. The highest BCUT2D eigenvalue weighted by atomic mass is 79.9. The van der Waals surface area contributed by atoms with Gasteiger partial charge in [-0.05, 0) is 41.1 Å². The van der Waals surface area contributed by atoms with Gasteiger partial charge < -0.3 is 10.2 Å². The van der Waals surface area contributed by atoms with Crippen molar-refractivity contribution in [1.29, 1.82) is 0 Å².